The van der Waals surface area contributed by atoms with Crippen LogP contribution in [0.3, 0.4) is 0 Å². The van der Waals surface area contributed by atoms with Crippen molar-refractivity contribution in [2.45, 2.75) is 6.42 Å². The molecule has 1 aromatic rings. The van der Waals surface area contributed by atoms with E-state index in [2.05, 4.69) is 20.9 Å². The van der Waals surface area contributed by atoms with Gasteiger partial charge in [-0.05, 0) is 28.4 Å². The number of hydrogen-bond donors (Lipinski definition) is 0. The summed E-state index contributed by atoms with van der Waals surface area (Å²) in [4.78, 5) is 3.90. The predicted molar refractivity (Wildman–Crippen MR) is 61.7 cm³/mol. The molecule has 1 heterocycles. The standard InChI is InChI=1S/C8H9BrClNO3S/c9-7-4-8(6-11-5-7)14-2-1-3-15(10,12)13/h4-6H,1-3H2. The van der Waals surface area contributed by atoms with Gasteiger partial charge in [0, 0.05) is 21.4 Å². The van der Waals surface area contributed by atoms with Crippen LogP contribution in [0.4, 0.5) is 0 Å². The van der Waals surface area contributed by atoms with E-state index in [0.717, 1.165) is 4.47 Å². The van der Waals surface area contributed by atoms with E-state index in [1.54, 1.807) is 18.5 Å². The Morgan fingerprint density at radius 2 is 2.20 bits per heavy atom. The third-order valence-corrected chi connectivity index (χ3v) is 3.15. The van der Waals surface area contributed by atoms with Gasteiger partial charge in [-0.25, -0.2) is 8.42 Å². The van der Waals surface area contributed by atoms with Crippen molar-refractivity contribution >= 4 is 35.7 Å². The van der Waals surface area contributed by atoms with Crippen LogP contribution >= 0.6 is 26.6 Å². The third-order valence-electron chi connectivity index (χ3n) is 1.48. The highest BCUT2D eigenvalue weighted by molar-refractivity contribution is 9.10. The zero-order valence-corrected chi connectivity index (χ0v) is 10.8. The van der Waals surface area contributed by atoms with Crippen LogP contribution in [0.15, 0.2) is 22.9 Å². The van der Waals surface area contributed by atoms with Crippen molar-refractivity contribution in [2.24, 2.45) is 0 Å². The van der Waals surface area contributed by atoms with Crippen molar-refractivity contribution in [3.8, 4) is 5.75 Å². The van der Waals surface area contributed by atoms with Crippen LogP contribution in [0.5, 0.6) is 5.75 Å². The van der Waals surface area contributed by atoms with Gasteiger partial charge < -0.3 is 4.74 Å². The molecule has 1 aromatic heterocycles. The molecule has 0 aliphatic rings. The fraction of sp³-hybridized carbons (Fsp3) is 0.375. The van der Waals surface area contributed by atoms with E-state index < -0.39 is 9.05 Å². The molecule has 0 aromatic carbocycles. The van der Waals surface area contributed by atoms with E-state index in [9.17, 15) is 8.42 Å². The lowest BCUT2D eigenvalue weighted by molar-refractivity contribution is 0.316. The Hall–Kier alpha value is -0.330. The summed E-state index contributed by atoms with van der Waals surface area (Å²) in [5.74, 6) is 0.507. The number of rotatable bonds is 5. The lowest BCUT2D eigenvalue weighted by Gasteiger charge is -2.04. The van der Waals surface area contributed by atoms with Crippen LogP contribution in [0.25, 0.3) is 0 Å². The maximum Gasteiger partial charge on any atom is 0.232 e. The third kappa shape index (κ3) is 5.96. The summed E-state index contributed by atoms with van der Waals surface area (Å²) in [5.41, 5.74) is 0. The minimum atomic E-state index is -3.42. The first-order valence-electron chi connectivity index (χ1n) is 4.13. The lowest BCUT2D eigenvalue weighted by atomic mass is 10.4. The molecule has 1 rings (SSSR count). The molecule has 0 atom stereocenters. The minimum absolute atomic E-state index is 0.0873. The van der Waals surface area contributed by atoms with Crippen molar-refractivity contribution in [1.82, 2.24) is 4.98 Å². The van der Waals surface area contributed by atoms with E-state index in [1.807, 2.05) is 0 Å². The average Bonchev–Trinajstić information content (AvgIpc) is 2.11. The number of hydrogen-bond acceptors (Lipinski definition) is 4. The summed E-state index contributed by atoms with van der Waals surface area (Å²) >= 11 is 3.24. The first-order chi connectivity index (χ1) is 6.97. The molecule has 4 nitrogen and oxygen atoms in total. The van der Waals surface area contributed by atoms with Crippen molar-refractivity contribution < 1.29 is 13.2 Å². The normalized spacial score (nSPS) is 11.3. The molecule has 84 valence electrons. The molecule has 0 bridgehead atoms. The minimum Gasteiger partial charge on any atom is -0.492 e. The van der Waals surface area contributed by atoms with Crippen molar-refractivity contribution in [3.63, 3.8) is 0 Å². The molecule has 0 aliphatic carbocycles. The van der Waals surface area contributed by atoms with Gasteiger partial charge in [0.1, 0.15) is 5.75 Å². The fourth-order valence-electron chi connectivity index (χ4n) is 0.893. The Morgan fingerprint density at radius 3 is 2.80 bits per heavy atom. The lowest BCUT2D eigenvalue weighted by Crippen LogP contribution is -2.04. The van der Waals surface area contributed by atoms with Crippen LogP contribution in [0, 0.1) is 0 Å². The van der Waals surface area contributed by atoms with E-state index in [1.165, 1.54) is 0 Å². The van der Waals surface area contributed by atoms with Gasteiger partial charge in [0.2, 0.25) is 9.05 Å². The van der Waals surface area contributed by atoms with Crippen LogP contribution in [-0.2, 0) is 9.05 Å². The maximum absolute atomic E-state index is 10.6. The number of pyridine rings is 1. The summed E-state index contributed by atoms with van der Waals surface area (Å²) < 4.78 is 27.3. The molecule has 0 radical (unpaired) electrons. The number of ether oxygens (including phenoxy) is 1. The van der Waals surface area contributed by atoms with Gasteiger partial charge in [-0.15, -0.1) is 0 Å². The Bertz CT molecular complexity index is 424. The van der Waals surface area contributed by atoms with E-state index in [4.69, 9.17) is 15.4 Å². The van der Waals surface area contributed by atoms with E-state index in [-0.39, 0.29) is 5.75 Å². The zero-order chi connectivity index (χ0) is 11.3. The van der Waals surface area contributed by atoms with E-state index in [0.29, 0.717) is 18.8 Å². The Morgan fingerprint density at radius 1 is 1.47 bits per heavy atom. The molecule has 0 unspecified atom stereocenters. The molecule has 0 fully saturated rings. The Kier molecular flexibility index (Phi) is 4.82. The second-order valence-corrected chi connectivity index (χ2v) is 6.60. The summed E-state index contributed by atoms with van der Waals surface area (Å²) in [6, 6.07) is 1.75. The monoisotopic (exact) mass is 313 g/mol. The summed E-state index contributed by atoms with van der Waals surface area (Å²) in [5, 5.41) is 0. The highest BCUT2D eigenvalue weighted by atomic mass is 79.9. The second-order valence-electron chi connectivity index (χ2n) is 2.78. The highest BCUT2D eigenvalue weighted by Gasteiger charge is 2.04. The van der Waals surface area contributed by atoms with Gasteiger partial charge in [0.05, 0.1) is 18.6 Å². The smallest absolute Gasteiger partial charge is 0.232 e. The second kappa shape index (κ2) is 5.67. The maximum atomic E-state index is 10.6. The molecule has 0 spiro atoms. The largest absolute Gasteiger partial charge is 0.492 e. The van der Waals surface area contributed by atoms with Gasteiger partial charge in [0.15, 0.2) is 0 Å². The number of nitrogens with zero attached hydrogens (tertiary/aromatic N) is 1. The van der Waals surface area contributed by atoms with Crippen LogP contribution in [0.1, 0.15) is 6.42 Å². The van der Waals surface area contributed by atoms with Gasteiger partial charge in [-0.2, -0.15) is 0 Å². The summed E-state index contributed by atoms with van der Waals surface area (Å²) in [6.45, 7) is 0.296. The molecular formula is C8H9BrClNO3S. The SMILES string of the molecule is O=S(=O)(Cl)CCCOc1cncc(Br)c1. The number of aromatic nitrogens is 1. The molecular weight excluding hydrogens is 306 g/mol. The molecule has 0 saturated carbocycles. The molecule has 0 N–H and O–H groups in total. The molecule has 0 aliphatic heterocycles. The van der Waals surface area contributed by atoms with Crippen molar-refractivity contribution in [3.05, 3.63) is 22.9 Å². The topological polar surface area (TPSA) is 56.3 Å². The average molecular weight is 315 g/mol. The zero-order valence-electron chi connectivity index (χ0n) is 7.69. The molecule has 0 saturated heterocycles. The molecule has 0 amide bonds. The fourth-order valence-corrected chi connectivity index (χ4v) is 2.03. The van der Waals surface area contributed by atoms with Gasteiger partial charge in [-0.3, -0.25) is 4.98 Å². The van der Waals surface area contributed by atoms with Crippen molar-refractivity contribution in [1.29, 1.82) is 0 Å². The molecule has 15 heavy (non-hydrogen) atoms. The van der Waals surface area contributed by atoms with Gasteiger partial charge >= 0.3 is 0 Å². The first kappa shape index (κ1) is 12.7. The van der Waals surface area contributed by atoms with Gasteiger partial charge in [0.25, 0.3) is 0 Å². The van der Waals surface area contributed by atoms with Crippen LogP contribution in [-0.4, -0.2) is 25.8 Å². The predicted octanol–water partition coefficient (Wildman–Crippen LogP) is 2.18. The number of halogens is 2. The summed E-state index contributed by atoms with van der Waals surface area (Å²) in [6.07, 6.45) is 3.55. The quantitative estimate of drug-likeness (QED) is 0.617. The van der Waals surface area contributed by atoms with Crippen LogP contribution < -0.4 is 4.74 Å². The van der Waals surface area contributed by atoms with Crippen LogP contribution in [0.2, 0.25) is 0 Å². The summed E-state index contributed by atoms with van der Waals surface area (Å²) in [7, 11) is 1.62. The Labute approximate surface area is 101 Å². The first-order valence-corrected chi connectivity index (χ1v) is 7.40. The van der Waals surface area contributed by atoms with E-state index >= 15 is 0 Å². The Balaban J connectivity index is 2.32. The highest BCUT2D eigenvalue weighted by Crippen LogP contribution is 2.15. The van der Waals surface area contributed by atoms with Crippen molar-refractivity contribution in [2.75, 3.05) is 12.4 Å². The van der Waals surface area contributed by atoms with Gasteiger partial charge in [-0.1, -0.05) is 0 Å². The molecule has 7 heteroatoms.